The number of carbonyl (C=O) groups is 2. The number of nitrogens with one attached hydrogen (secondary N) is 4. The van der Waals surface area contributed by atoms with Crippen LogP contribution in [0.3, 0.4) is 0 Å². The summed E-state index contributed by atoms with van der Waals surface area (Å²) in [6.07, 6.45) is 0. The lowest BCUT2D eigenvalue weighted by Gasteiger charge is -2.37. The Morgan fingerprint density at radius 1 is 1.00 bits per heavy atom. The largest absolute Gasteiger partial charge is 0.497 e. The maximum Gasteiger partial charge on any atom is 0.239 e. The molecule has 1 atom stereocenters. The lowest BCUT2D eigenvalue weighted by molar-refractivity contribution is -0.136. The predicted octanol–water partition coefficient (Wildman–Crippen LogP) is 0.0198. The van der Waals surface area contributed by atoms with Gasteiger partial charge in [-0.25, -0.2) is 0 Å². The highest BCUT2D eigenvalue weighted by molar-refractivity contribution is 7.80. The molecule has 0 radical (unpaired) electrons. The first-order valence-electron chi connectivity index (χ1n) is 7.81. The van der Waals surface area contributed by atoms with Crippen molar-refractivity contribution in [1.29, 1.82) is 0 Å². The van der Waals surface area contributed by atoms with E-state index in [0.29, 0.717) is 24.0 Å². The first-order chi connectivity index (χ1) is 12.0. The van der Waals surface area contributed by atoms with E-state index in [9.17, 15) is 9.59 Å². The summed E-state index contributed by atoms with van der Waals surface area (Å²) in [6, 6.07) is 7.40. The summed E-state index contributed by atoms with van der Waals surface area (Å²) < 4.78 is 5.19. The van der Waals surface area contributed by atoms with Crippen molar-refractivity contribution in [2.45, 2.75) is 5.92 Å². The van der Waals surface area contributed by atoms with Gasteiger partial charge in [0.15, 0.2) is 10.2 Å². The Morgan fingerprint density at radius 3 is 2.08 bits per heavy atom. The lowest BCUT2D eigenvalue weighted by atomic mass is 9.74. The van der Waals surface area contributed by atoms with Gasteiger partial charge in [0.25, 0.3) is 0 Å². The zero-order chi connectivity index (χ0) is 18.0. The summed E-state index contributed by atoms with van der Waals surface area (Å²) in [5.41, 5.74) is 0.880. The third kappa shape index (κ3) is 3.72. The molecule has 2 amide bonds. The number of carbonyl (C=O) groups excluding carboxylic acids is 2. The SMILES string of the molecule is COc1ccc(C(C2CNC(=S)NC2)C2C(=O)NC(=S)NC2=O)cc1. The summed E-state index contributed by atoms with van der Waals surface area (Å²) >= 11 is 10.00. The minimum Gasteiger partial charge on any atom is -0.497 e. The van der Waals surface area contributed by atoms with Crippen molar-refractivity contribution in [3.05, 3.63) is 29.8 Å². The van der Waals surface area contributed by atoms with Gasteiger partial charge in [-0.05, 0) is 42.1 Å². The molecule has 3 rings (SSSR count). The molecule has 0 saturated carbocycles. The smallest absolute Gasteiger partial charge is 0.239 e. The first kappa shape index (κ1) is 17.6. The number of hydrogen-bond acceptors (Lipinski definition) is 5. The van der Waals surface area contributed by atoms with E-state index < -0.39 is 5.92 Å². The number of amides is 2. The Labute approximate surface area is 155 Å². The average Bonchev–Trinajstić information content (AvgIpc) is 2.59. The average molecular weight is 378 g/mol. The van der Waals surface area contributed by atoms with Gasteiger partial charge < -0.3 is 26.0 Å². The van der Waals surface area contributed by atoms with E-state index in [4.69, 9.17) is 29.2 Å². The van der Waals surface area contributed by atoms with Crippen LogP contribution in [0, 0.1) is 11.8 Å². The minimum atomic E-state index is -0.875. The van der Waals surface area contributed by atoms with Crippen LogP contribution in [-0.2, 0) is 9.59 Å². The van der Waals surface area contributed by atoms with Crippen LogP contribution in [0.15, 0.2) is 24.3 Å². The number of thiocarbonyl (C=S) groups is 2. The molecule has 0 spiro atoms. The highest BCUT2D eigenvalue weighted by Crippen LogP contribution is 2.35. The standard InChI is InChI=1S/C16H18N4O3S2/c1-23-10-4-2-8(3-5-10)11(9-6-17-15(24)18-7-9)12-13(21)19-16(25)20-14(12)22/h2-5,9,11-12H,6-7H2,1H3,(H2,17,18,24)(H2,19,20,21,22,25). The Kier molecular flexibility index (Phi) is 5.14. The van der Waals surface area contributed by atoms with Gasteiger partial charge in [0.2, 0.25) is 11.8 Å². The molecule has 9 heteroatoms. The van der Waals surface area contributed by atoms with Gasteiger partial charge in [-0.2, -0.15) is 0 Å². The number of ether oxygens (including phenoxy) is 1. The third-order valence-corrected chi connectivity index (χ3v) is 4.95. The van der Waals surface area contributed by atoms with Gasteiger partial charge in [-0.3, -0.25) is 9.59 Å². The second-order valence-electron chi connectivity index (χ2n) is 5.94. The van der Waals surface area contributed by atoms with E-state index in [-0.39, 0.29) is 28.8 Å². The van der Waals surface area contributed by atoms with E-state index in [1.165, 1.54) is 0 Å². The molecular weight excluding hydrogens is 360 g/mol. The highest BCUT2D eigenvalue weighted by atomic mass is 32.1. The molecule has 0 aliphatic carbocycles. The number of rotatable bonds is 4. The fraction of sp³-hybridized carbons (Fsp3) is 0.375. The molecule has 2 saturated heterocycles. The fourth-order valence-electron chi connectivity index (χ4n) is 3.25. The Bertz CT molecular complexity index is 693. The molecule has 2 heterocycles. The molecule has 1 unspecified atom stereocenters. The second kappa shape index (κ2) is 7.32. The Morgan fingerprint density at radius 2 is 1.56 bits per heavy atom. The van der Waals surface area contributed by atoms with Crippen molar-refractivity contribution in [2.24, 2.45) is 11.8 Å². The van der Waals surface area contributed by atoms with Gasteiger partial charge >= 0.3 is 0 Å². The van der Waals surface area contributed by atoms with Crippen molar-refractivity contribution < 1.29 is 14.3 Å². The number of benzene rings is 1. The van der Waals surface area contributed by atoms with Crippen LogP contribution in [0.1, 0.15) is 11.5 Å². The minimum absolute atomic E-state index is 0.00623. The number of hydrogen-bond donors (Lipinski definition) is 4. The van der Waals surface area contributed by atoms with E-state index in [0.717, 1.165) is 5.56 Å². The van der Waals surface area contributed by atoms with Crippen molar-refractivity contribution in [3.8, 4) is 5.75 Å². The van der Waals surface area contributed by atoms with Crippen LogP contribution in [0.5, 0.6) is 5.75 Å². The number of methoxy groups -OCH3 is 1. The van der Waals surface area contributed by atoms with E-state index in [1.807, 2.05) is 24.3 Å². The molecule has 7 nitrogen and oxygen atoms in total. The first-order valence-corrected chi connectivity index (χ1v) is 8.62. The summed E-state index contributed by atoms with van der Waals surface area (Å²) in [4.78, 5) is 25.0. The van der Waals surface area contributed by atoms with E-state index in [2.05, 4.69) is 21.3 Å². The van der Waals surface area contributed by atoms with E-state index >= 15 is 0 Å². The van der Waals surface area contributed by atoms with Crippen LogP contribution < -0.4 is 26.0 Å². The molecular formula is C16H18N4O3S2. The van der Waals surface area contributed by atoms with Crippen molar-refractivity contribution in [3.63, 3.8) is 0 Å². The van der Waals surface area contributed by atoms with Gasteiger partial charge in [0, 0.05) is 24.9 Å². The molecule has 0 bridgehead atoms. The van der Waals surface area contributed by atoms with Crippen LogP contribution in [0.2, 0.25) is 0 Å². The Balaban J connectivity index is 1.95. The fourth-order valence-corrected chi connectivity index (χ4v) is 3.62. The summed E-state index contributed by atoms with van der Waals surface area (Å²) in [5.74, 6) is -1.28. The van der Waals surface area contributed by atoms with Crippen LogP contribution in [0.25, 0.3) is 0 Å². The van der Waals surface area contributed by atoms with Crippen molar-refractivity contribution in [1.82, 2.24) is 21.3 Å². The summed E-state index contributed by atoms with van der Waals surface area (Å²) in [5, 5.41) is 11.9. The second-order valence-corrected chi connectivity index (χ2v) is 6.75. The molecule has 2 fully saturated rings. The van der Waals surface area contributed by atoms with Crippen LogP contribution in [-0.4, -0.2) is 42.2 Å². The van der Waals surface area contributed by atoms with Gasteiger partial charge in [0.1, 0.15) is 11.7 Å². The topological polar surface area (TPSA) is 91.5 Å². The van der Waals surface area contributed by atoms with E-state index in [1.54, 1.807) is 7.11 Å². The van der Waals surface area contributed by atoms with Crippen molar-refractivity contribution >= 4 is 46.5 Å². The quantitative estimate of drug-likeness (QED) is 0.434. The van der Waals surface area contributed by atoms with Gasteiger partial charge in [-0.15, -0.1) is 0 Å². The van der Waals surface area contributed by atoms with Crippen LogP contribution >= 0.6 is 24.4 Å². The molecule has 4 N–H and O–H groups in total. The molecule has 132 valence electrons. The van der Waals surface area contributed by atoms with Crippen molar-refractivity contribution in [2.75, 3.05) is 20.2 Å². The van der Waals surface area contributed by atoms with Gasteiger partial charge in [0.05, 0.1) is 7.11 Å². The maximum atomic E-state index is 12.5. The molecule has 0 aromatic heterocycles. The summed E-state index contributed by atoms with van der Waals surface area (Å²) in [6.45, 7) is 1.15. The molecule has 25 heavy (non-hydrogen) atoms. The maximum absolute atomic E-state index is 12.5. The molecule has 1 aromatic rings. The molecule has 2 aliphatic rings. The third-order valence-electron chi connectivity index (χ3n) is 4.46. The molecule has 1 aromatic carbocycles. The highest BCUT2D eigenvalue weighted by Gasteiger charge is 2.43. The monoisotopic (exact) mass is 378 g/mol. The predicted molar refractivity (Wildman–Crippen MR) is 100 cm³/mol. The Hall–Kier alpha value is -2.26. The zero-order valence-corrected chi connectivity index (χ0v) is 15.1. The normalized spacial score (nSPS) is 20.2. The van der Waals surface area contributed by atoms with Gasteiger partial charge in [-0.1, -0.05) is 12.1 Å². The summed E-state index contributed by atoms with van der Waals surface area (Å²) in [7, 11) is 1.59. The zero-order valence-electron chi connectivity index (χ0n) is 13.5. The molecule has 2 aliphatic heterocycles. The van der Waals surface area contributed by atoms with Crippen LogP contribution in [0.4, 0.5) is 0 Å². The lowest BCUT2D eigenvalue weighted by Crippen LogP contribution is -2.59.